The molecule has 0 spiro atoms. The molecule has 1 aliphatic rings. The molecule has 0 aliphatic carbocycles. The van der Waals surface area contributed by atoms with Gasteiger partial charge in [0.25, 0.3) is 0 Å². The number of carbonyl (C=O) groups is 2. The number of ether oxygens (including phenoxy) is 1. The number of phenols is 1. The van der Waals surface area contributed by atoms with E-state index in [1.165, 1.54) is 7.11 Å². The lowest BCUT2D eigenvalue weighted by Gasteiger charge is -2.32. The Balaban J connectivity index is 1.47. The maximum atomic E-state index is 12.6. The molecule has 0 atom stereocenters. The lowest BCUT2D eigenvalue weighted by atomic mass is 9.94. The molecule has 0 unspecified atom stereocenters. The molecule has 3 aromatic carbocycles. The highest BCUT2D eigenvalue weighted by Gasteiger charge is 2.27. The molecule has 160 valence electrons. The summed E-state index contributed by atoms with van der Waals surface area (Å²) in [6.45, 7) is 1.98. The van der Waals surface area contributed by atoms with E-state index in [1.807, 2.05) is 54.6 Å². The van der Waals surface area contributed by atoms with Gasteiger partial charge in [-0.25, -0.2) is 4.79 Å². The van der Waals surface area contributed by atoms with Crippen LogP contribution >= 0.6 is 0 Å². The minimum absolute atomic E-state index is 0.0329. The van der Waals surface area contributed by atoms with Crippen LogP contribution in [0, 0.1) is 5.92 Å². The van der Waals surface area contributed by atoms with E-state index in [4.69, 9.17) is 4.74 Å². The van der Waals surface area contributed by atoms with Crippen LogP contribution in [-0.2, 0) is 16.1 Å². The summed E-state index contributed by atoms with van der Waals surface area (Å²) in [5.74, 6) is -0.578. The van der Waals surface area contributed by atoms with Crippen LogP contribution in [0.1, 0.15) is 28.8 Å². The van der Waals surface area contributed by atoms with E-state index in [9.17, 15) is 14.7 Å². The van der Waals surface area contributed by atoms with E-state index in [-0.39, 0.29) is 23.1 Å². The topological polar surface area (TPSA) is 78.9 Å². The largest absolute Gasteiger partial charge is 0.507 e. The highest BCUT2D eigenvalue weighted by molar-refractivity contribution is 6.00. The van der Waals surface area contributed by atoms with Crippen LogP contribution in [0.15, 0.2) is 60.7 Å². The fraction of sp³-hybridized carbons (Fsp3) is 0.280. The number of para-hydroxylation sites is 1. The highest BCUT2D eigenvalue weighted by atomic mass is 16.5. The summed E-state index contributed by atoms with van der Waals surface area (Å²) in [7, 11) is 1.31. The molecule has 3 aromatic rings. The summed E-state index contributed by atoms with van der Waals surface area (Å²) in [6.07, 6.45) is 1.49. The fourth-order valence-corrected chi connectivity index (χ4v) is 4.18. The summed E-state index contributed by atoms with van der Waals surface area (Å²) >= 11 is 0. The Kier molecular flexibility index (Phi) is 6.18. The van der Waals surface area contributed by atoms with Crippen molar-refractivity contribution in [1.29, 1.82) is 0 Å². The number of carbonyl (C=O) groups excluding carboxylic acids is 2. The van der Waals surface area contributed by atoms with Crippen molar-refractivity contribution < 1.29 is 19.4 Å². The van der Waals surface area contributed by atoms with Gasteiger partial charge in [-0.3, -0.25) is 9.69 Å². The highest BCUT2D eigenvalue weighted by Crippen LogP contribution is 2.34. The predicted octanol–water partition coefficient (Wildman–Crippen LogP) is 4.18. The fourth-order valence-electron chi connectivity index (χ4n) is 4.18. The molecule has 1 saturated heterocycles. The predicted molar refractivity (Wildman–Crippen MR) is 120 cm³/mol. The van der Waals surface area contributed by atoms with Crippen LogP contribution in [0.2, 0.25) is 0 Å². The standard InChI is InChI=1S/C25H26N2O4/c1-31-25(30)21-15-18-7-5-6-10-20(18)22(23(21)28)16-27-13-11-17(12-14-27)24(29)26-19-8-3-2-4-9-19/h2-10,15,17,28H,11-14,16H2,1H3,(H,26,29). The van der Waals surface area contributed by atoms with Gasteiger partial charge in [0.05, 0.1) is 7.11 Å². The van der Waals surface area contributed by atoms with E-state index in [0.29, 0.717) is 12.1 Å². The third-order valence-corrected chi connectivity index (χ3v) is 5.91. The third-order valence-electron chi connectivity index (χ3n) is 5.91. The summed E-state index contributed by atoms with van der Waals surface area (Å²) in [4.78, 5) is 27.0. The second kappa shape index (κ2) is 9.18. The van der Waals surface area contributed by atoms with Gasteiger partial charge in [0.15, 0.2) is 0 Å². The molecular formula is C25H26N2O4. The number of nitrogens with zero attached hydrogens (tertiary/aromatic N) is 1. The van der Waals surface area contributed by atoms with Gasteiger partial charge in [-0.15, -0.1) is 0 Å². The number of methoxy groups -OCH3 is 1. The van der Waals surface area contributed by atoms with Crippen molar-refractivity contribution in [2.45, 2.75) is 19.4 Å². The monoisotopic (exact) mass is 418 g/mol. The minimum atomic E-state index is -0.555. The van der Waals surface area contributed by atoms with Crippen molar-refractivity contribution in [3.05, 3.63) is 71.8 Å². The second-order valence-electron chi connectivity index (χ2n) is 7.87. The van der Waals surface area contributed by atoms with Crippen LogP contribution in [0.4, 0.5) is 5.69 Å². The number of esters is 1. The Morgan fingerprint density at radius 1 is 1.06 bits per heavy atom. The number of anilines is 1. The van der Waals surface area contributed by atoms with Crippen molar-refractivity contribution in [3.8, 4) is 5.75 Å². The lowest BCUT2D eigenvalue weighted by Crippen LogP contribution is -2.37. The Bertz CT molecular complexity index is 1090. The maximum Gasteiger partial charge on any atom is 0.341 e. The number of amides is 1. The molecule has 0 aromatic heterocycles. The maximum absolute atomic E-state index is 12.6. The molecule has 1 heterocycles. The molecule has 1 amide bonds. The number of hydrogen-bond acceptors (Lipinski definition) is 5. The van der Waals surface area contributed by atoms with Gasteiger partial charge in [0.1, 0.15) is 11.3 Å². The molecule has 0 saturated carbocycles. The van der Waals surface area contributed by atoms with Gasteiger partial charge in [-0.2, -0.15) is 0 Å². The van der Waals surface area contributed by atoms with Gasteiger partial charge in [-0.05, 0) is 54.9 Å². The van der Waals surface area contributed by atoms with Crippen LogP contribution in [0.25, 0.3) is 10.8 Å². The number of likely N-dealkylation sites (tertiary alicyclic amines) is 1. The average Bonchev–Trinajstić information content (AvgIpc) is 2.81. The van der Waals surface area contributed by atoms with Gasteiger partial charge in [-0.1, -0.05) is 42.5 Å². The minimum Gasteiger partial charge on any atom is -0.507 e. The third kappa shape index (κ3) is 4.54. The Hall–Kier alpha value is -3.38. The van der Waals surface area contributed by atoms with Gasteiger partial charge in [0.2, 0.25) is 5.91 Å². The Morgan fingerprint density at radius 2 is 1.74 bits per heavy atom. The van der Waals surface area contributed by atoms with Crippen molar-refractivity contribution in [2.75, 3.05) is 25.5 Å². The number of hydrogen-bond donors (Lipinski definition) is 2. The first kappa shape index (κ1) is 20.9. The molecule has 1 aliphatic heterocycles. The van der Waals surface area contributed by atoms with E-state index in [2.05, 4.69) is 10.2 Å². The number of aromatic hydroxyl groups is 1. The van der Waals surface area contributed by atoms with Gasteiger partial charge in [0, 0.05) is 23.7 Å². The molecule has 4 rings (SSSR count). The molecular weight excluding hydrogens is 392 g/mol. The average molecular weight is 418 g/mol. The number of rotatable bonds is 5. The lowest BCUT2D eigenvalue weighted by molar-refractivity contribution is -0.121. The zero-order valence-corrected chi connectivity index (χ0v) is 17.5. The van der Waals surface area contributed by atoms with Crippen molar-refractivity contribution in [3.63, 3.8) is 0 Å². The first-order valence-electron chi connectivity index (χ1n) is 10.5. The van der Waals surface area contributed by atoms with Crippen LogP contribution in [-0.4, -0.2) is 42.1 Å². The number of nitrogens with one attached hydrogen (secondary N) is 1. The molecule has 1 fully saturated rings. The van der Waals surface area contributed by atoms with Crippen molar-refractivity contribution in [1.82, 2.24) is 4.90 Å². The van der Waals surface area contributed by atoms with Crippen molar-refractivity contribution >= 4 is 28.3 Å². The number of phenolic OH excluding ortho intramolecular Hbond substituents is 1. The smallest absolute Gasteiger partial charge is 0.341 e. The van der Waals surface area contributed by atoms with E-state index in [1.54, 1.807) is 6.07 Å². The quantitative estimate of drug-likeness (QED) is 0.608. The summed E-state index contributed by atoms with van der Waals surface area (Å²) in [6, 6.07) is 18.8. The van der Waals surface area contributed by atoms with Gasteiger partial charge < -0.3 is 15.2 Å². The second-order valence-corrected chi connectivity index (χ2v) is 7.87. The number of piperidine rings is 1. The zero-order valence-electron chi connectivity index (χ0n) is 17.5. The van der Waals surface area contributed by atoms with Crippen LogP contribution < -0.4 is 5.32 Å². The number of benzene rings is 3. The summed E-state index contributed by atoms with van der Waals surface area (Å²) < 4.78 is 4.84. The summed E-state index contributed by atoms with van der Waals surface area (Å²) in [5.41, 5.74) is 1.70. The Labute approximate surface area is 181 Å². The Morgan fingerprint density at radius 3 is 2.45 bits per heavy atom. The molecule has 2 N–H and O–H groups in total. The van der Waals surface area contributed by atoms with E-state index < -0.39 is 5.97 Å². The van der Waals surface area contributed by atoms with E-state index >= 15 is 0 Å². The molecule has 0 bridgehead atoms. The zero-order chi connectivity index (χ0) is 21.8. The molecule has 6 heteroatoms. The normalized spacial score (nSPS) is 15.0. The van der Waals surface area contributed by atoms with Gasteiger partial charge >= 0.3 is 5.97 Å². The molecule has 0 radical (unpaired) electrons. The first-order chi connectivity index (χ1) is 15.1. The molecule has 6 nitrogen and oxygen atoms in total. The van der Waals surface area contributed by atoms with Crippen LogP contribution in [0.3, 0.4) is 0 Å². The number of fused-ring (bicyclic) bond motifs is 1. The molecule has 31 heavy (non-hydrogen) atoms. The van der Waals surface area contributed by atoms with E-state index in [0.717, 1.165) is 42.4 Å². The van der Waals surface area contributed by atoms with Crippen LogP contribution in [0.5, 0.6) is 5.75 Å². The SMILES string of the molecule is COC(=O)c1cc2ccccc2c(CN2CCC(C(=O)Nc3ccccc3)CC2)c1O. The summed E-state index contributed by atoms with van der Waals surface area (Å²) in [5, 5.41) is 15.6. The van der Waals surface area contributed by atoms with Crippen molar-refractivity contribution in [2.24, 2.45) is 5.92 Å². The first-order valence-corrected chi connectivity index (χ1v) is 10.5.